The van der Waals surface area contributed by atoms with Gasteiger partial charge in [0.05, 0.1) is 12.1 Å². The highest BCUT2D eigenvalue weighted by Crippen LogP contribution is 2.36. The van der Waals surface area contributed by atoms with Crippen molar-refractivity contribution in [2.75, 3.05) is 11.1 Å². The second-order valence-corrected chi connectivity index (χ2v) is 3.89. The van der Waals surface area contributed by atoms with Gasteiger partial charge in [0.1, 0.15) is 0 Å². The molecule has 0 fully saturated rings. The second kappa shape index (κ2) is 4.79. The van der Waals surface area contributed by atoms with Crippen LogP contribution in [0.4, 0.5) is 24.5 Å². The van der Waals surface area contributed by atoms with Gasteiger partial charge in [0, 0.05) is 11.4 Å². The highest BCUT2D eigenvalue weighted by atomic mass is 19.4. The Labute approximate surface area is 106 Å². The molecule has 2 aromatic rings. The Bertz CT molecular complexity index is 580. The van der Waals surface area contributed by atoms with Crippen LogP contribution in [0.15, 0.2) is 22.7 Å². The van der Waals surface area contributed by atoms with Gasteiger partial charge in [0.25, 0.3) is 0 Å². The third-order valence-corrected chi connectivity index (χ3v) is 2.35. The summed E-state index contributed by atoms with van der Waals surface area (Å²) in [5.41, 5.74) is 4.50. The molecule has 0 saturated carbocycles. The van der Waals surface area contributed by atoms with E-state index in [9.17, 15) is 13.2 Å². The molecule has 0 atom stereocenters. The number of alkyl halides is 3. The first-order valence-corrected chi connectivity index (χ1v) is 5.36. The highest BCUT2D eigenvalue weighted by molar-refractivity contribution is 5.59. The average molecular weight is 272 g/mol. The average Bonchev–Trinajstić information content (AvgIpc) is 2.72. The maximum absolute atomic E-state index is 12.8. The minimum atomic E-state index is -4.48. The largest absolute Gasteiger partial charge is 0.418 e. The summed E-state index contributed by atoms with van der Waals surface area (Å²) in [7, 11) is 0. The van der Waals surface area contributed by atoms with Gasteiger partial charge in [-0.3, -0.25) is 0 Å². The predicted molar refractivity (Wildman–Crippen MR) is 62.2 cm³/mol. The molecule has 0 aliphatic carbocycles. The van der Waals surface area contributed by atoms with Crippen LogP contribution in [0.2, 0.25) is 0 Å². The van der Waals surface area contributed by atoms with E-state index >= 15 is 0 Å². The molecule has 0 amide bonds. The molecular weight excluding hydrogens is 261 g/mol. The van der Waals surface area contributed by atoms with Crippen LogP contribution in [0, 0.1) is 6.92 Å². The number of aromatic nitrogens is 2. The van der Waals surface area contributed by atoms with Gasteiger partial charge >= 0.3 is 6.18 Å². The number of aryl methyl sites for hydroxylation is 1. The minimum absolute atomic E-state index is 0.00778. The molecule has 3 N–H and O–H groups in total. The lowest BCUT2D eigenvalue weighted by Gasteiger charge is -2.14. The minimum Gasteiger partial charge on any atom is -0.399 e. The van der Waals surface area contributed by atoms with Crippen LogP contribution in [0.25, 0.3) is 0 Å². The van der Waals surface area contributed by atoms with E-state index in [1.54, 1.807) is 6.92 Å². The fourth-order valence-corrected chi connectivity index (χ4v) is 1.53. The lowest BCUT2D eigenvalue weighted by Crippen LogP contribution is -2.11. The number of nitrogen functional groups attached to an aromatic ring is 1. The molecule has 102 valence electrons. The Morgan fingerprint density at radius 1 is 1.37 bits per heavy atom. The summed E-state index contributed by atoms with van der Waals surface area (Å²) in [5.74, 6) is 0.632. The zero-order chi connectivity index (χ0) is 14.0. The number of nitrogens with one attached hydrogen (secondary N) is 1. The second-order valence-electron chi connectivity index (χ2n) is 3.89. The van der Waals surface area contributed by atoms with Crippen molar-refractivity contribution in [3.8, 4) is 0 Å². The first-order valence-electron chi connectivity index (χ1n) is 5.36. The zero-order valence-corrected chi connectivity index (χ0v) is 9.95. The van der Waals surface area contributed by atoms with Gasteiger partial charge < -0.3 is 15.6 Å². The van der Waals surface area contributed by atoms with Crippen molar-refractivity contribution in [3.05, 3.63) is 35.5 Å². The Morgan fingerprint density at radius 2 is 2.11 bits per heavy atom. The van der Waals surface area contributed by atoms with Crippen LogP contribution < -0.4 is 11.1 Å². The van der Waals surface area contributed by atoms with Gasteiger partial charge in [-0.2, -0.15) is 18.2 Å². The SMILES string of the molecule is Cc1noc(CNc2ccc(N)cc2C(F)(F)F)n1. The first-order chi connectivity index (χ1) is 8.86. The first kappa shape index (κ1) is 13.2. The molecule has 1 heterocycles. The van der Waals surface area contributed by atoms with Crippen molar-refractivity contribution in [2.45, 2.75) is 19.6 Å². The maximum atomic E-state index is 12.8. The van der Waals surface area contributed by atoms with Crippen LogP contribution in [0.5, 0.6) is 0 Å². The molecule has 5 nitrogen and oxygen atoms in total. The Kier molecular flexibility index (Phi) is 3.32. The fraction of sp³-hybridized carbons (Fsp3) is 0.273. The number of rotatable bonds is 3. The number of halogens is 3. The molecule has 0 spiro atoms. The lowest BCUT2D eigenvalue weighted by atomic mass is 10.1. The molecule has 0 aliphatic heterocycles. The van der Waals surface area contributed by atoms with Gasteiger partial charge in [-0.05, 0) is 25.1 Å². The molecule has 0 bridgehead atoms. The smallest absolute Gasteiger partial charge is 0.399 e. The van der Waals surface area contributed by atoms with E-state index in [-0.39, 0.29) is 23.8 Å². The van der Waals surface area contributed by atoms with Gasteiger partial charge in [0.2, 0.25) is 5.89 Å². The highest BCUT2D eigenvalue weighted by Gasteiger charge is 2.33. The standard InChI is InChI=1S/C11H11F3N4O/c1-6-17-10(19-18-6)5-16-9-3-2-7(15)4-8(9)11(12,13)14/h2-4,16H,5,15H2,1H3. The Balaban J connectivity index is 2.20. The maximum Gasteiger partial charge on any atom is 0.418 e. The third kappa shape index (κ3) is 3.15. The van der Waals surface area contributed by atoms with E-state index in [2.05, 4.69) is 15.5 Å². The van der Waals surface area contributed by atoms with Crippen molar-refractivity contribution in [1.82, 2.24) is 10.1 Å². The molecule has 2 rings (SSSR count). The van der Waals surface area contributed by atoms with Crippen LogP contribution in [-0.4, -0.2) is 10.1 Å². The number of benzene rings is 1. The monoisotopic (exact) mass is 272 g/mol. The van der Waals surface area contributed by atoms with Crippen molar-refractivity contribution < 1.29 is 17.7 Å². The summed E-state index contributed by atoms with van der Waals surface area (Å²) in [6.45, 7) is 1.63. The summed E-state index contributed by atoms with van der Waals surface area (Å²) in [5, 5.41) is 6.15. The number of anilines is 2. The summed E-state index contributed by atoms with van der Waals surface area (Å²) in [4.78, 5) is 3.89. The van der Waals surface area contributed by atoms with E-state index in [0.29, 0.717) is 5.82 Å². The summed E-state index contributed by atoms with van der Waals surface area (Å²) >= 11 is 0. The van der Waals surface area contributed by atoms with Crippen LogP contribution in [-0.2, 0) is 12.7 Å². The Morgan fingerprint density at radius 3 is 2.68 bits per heavy atom. The van der Waals surface area contributed by atoms with E-state index < -0.39 is 11.7 Å². The summed E-state index contributed by atoms with van der Waals surface area (Å²) in [6, 6.07) is 3.53. The van der Waals surface area contributed by atoms with Crippen LogP contribution >= 0.6 is 0 Å². The van der Waals surface area contributed by atoms with Gasteiger partial charge in [-0.25, -0.2) is 0 Å². The molecule has 19 heavy (non-hydrogen) atoms. The fourth-order valence-electron chi connectivity index (χ4n) is 1.53. The molecule has 0 aliphatic rings. The number of nitrogens with zero attached hydrogens (tertiary/aromatic N) is 2. The van der Waals surface area contributed by atoms with Crippen LogP contribution in [0.3, 0.4) is 0 Å². The van der Waals surface area contributed by atoms with E-state index in [1.807, 2.05) is 0 Å². The van der Waals surface area contributed by atoms with Crippen LogP contribution in [0.1, 0.15) is 17.3 Å². The van der Waals surface area contributed by atoms with E-state index in [0.717, 1.165) is 6.07 Å². The van der Waals surface area contributed by atoms with Gasteiger partial charge in [-0.15, -0.1) is 0 Å². The van der Waals surface area contributed by atoms with Crippen molar-refractivity contribution in [2.24, 2.45) is 0 Å². The zero-order valence-electron chi connectivity index (χ0n) is 9.95. The molecule has 1 aromatic carbocycles. The number of nitrogens with two attached hydrogens (primary N) is 1. The van der Waals surface area contributed by atoms with Crippen molar-refractivity contribution >= 4 is 11.4 Å². The quantitative estimate of drug-likeness (QED) is 0.840. The number of hydrogen-bond acceptors (Lipinski definition) is 5. The normalized spacial score (nSPS) is 11.6. The van der Waals surface area contributed by atoms with Gasteiger partial charge in [-0.1, -0.05) is 5.16 Å². The molecule has 8 heteroatoms. The third-order valence-electron chi connectivity index (χ3n) is 2.35. The molecule has 1 aromatic heterocycles. The van der Waals surface area contributed by atoms with E-state index in [1.165, 1.54) is 12.1 Å². The number of hydrogen-bond donors (Lipinski definition) is 2. The van der Waals surface area contributed by atoms with E-state index in [4.69, 9.17) is 10.3 Å². The van der Waals surface area contributed by atoms with Crippen molar-refractivity contribution in [3.63, 3.8) is 0 Å². The summed E-state index contributed by atoms with van der Waals surface area (Å²) < 4.78 is 43.2. The Hall–Kier alpha value is -2.25. The van der Waals surface area contributed by atoms with Crippen molar-refractivity contribution in [1.29, 1.82) is 0 Å². The summed E-state index contributed by atoms with van der Waals surface area (Å²) in [6.07, 6.45) is -4.48. The molecule has 0 unspecified atom stereocenters. The molecular formula is C11H11F3N4O. The van der Waals surface area contributed by atoms with Gasteiger partial charge in [0.15, 0.2) is 5.82 Å². The lowest BCUT2D eigenvalue weighted by molar-refractivity contribution is -0.136. The topological polar surface area (TPSA) is 77.0 Å². The molecule has 0 radical (unpaired) electrons. The predicted octanol–water partition coefficient (Wildman–Crippen LogP) is 2.59. The molecule has 0 saturated heterocycles.